The van der Waals surface area contributed by atoms with Crippen LogP contribution in [0.1, 0.15) is 33.1 Å². The van der Waals surface area contributed by atoms with Gasteiger partial charge >= 0.3 is 0 Å². The first-order valence-corrected chi connectivity index (χ1v) is 6.12. The highest BCUT2D eigenvalue weighted by atomic mass is 32.2. The predicted octanol–water partition coefficient (Wildman–Crippen LogP) is 2.94. The van der Waals surface area contributed by atoms with Crippen LogP contribution in [-0.4, -0.2) is 24.2 Å². The lowest BCUT2D eigenvalue weighted by molar-refractivity contribution is 0.0557. The molecular formula is C10H20OS. The van der Waals surface area contributed by atoms with Gasteiger partial charge in [-0.3, -0.25) is 0 Å². The zero-order valence-corrected chi connectivity index (χ0v) is 9.03. The fraction of sp³-hybridized carbons (Fsp3) is 1.00. The maximum atomic E-state index is 5.50. The lowest BCUT2D eigenvalue weighted by Crippen LogP contribution is -2.29. The van der Waals surface area contributed by atoms with Crippen LogP contribution in [0.25, 0.3) is 0 Å². The summed E-state index contributed by atoms with van der Waals surface area (Å²) in [5.41, 5.74) is 0. The zero-order chi connectivity index (χ0) is 8.81. The SMILES string of the molecule is CCCC1COCCC1SCC. The second-order valence-corrected chi connectivity index (χ2v) is 4.92. The quantitative estimate of drug-likeness (QED) is 0.671. The van der Waals surface area contributed by atoms with Gasteiger partial charge in [0.15, 0.2) is 0 Å². The highest BCUT2D eigenvalue weighted by molar-refractivity contribution is 7.99. The lowest BCUT2D eigenvalue weighted by atomic mass is 9.97. The third-order valence-electron chi connectivity index (χ3n) is 2.44. The molecule has 0 spiro atoms. The number of hydrogen-bond donors (Lipinski definition) is 0. The average molecular weight is 188 g/mol. The number of hydrogen-bond acceptors (Lipinski definition) is 2. The predicted molar refractivity (Wildman–Crippen MR) is 55.8 cm³/mol. The van der Waals surface area contributed by atoms with Crippen LogP contribution in [0, 0.1) is 5.92 Å². The minimum atomic E-state index is 0.827. The summed E-state index contributed by atoms with van der Waals surface area (Å²) >= 11 is 2.12. The molecule has 0 N–H and O–H groups in total. The Balaban J connectivity index is 2.31. The van der Waals surface area contributed by atoms with E-state index in [-0.39, 0.29) is 0 Å². The van der Waals surface area contributed by atoms with E-state index in [2.05, 4.69) is 25.6 Å². The number of thioether (sulfide) groups is 1. The fourth-order valence-corrected chi connectivity index (χ4v) is 3.03. The highest BCUT2D eigenvalue weighted by Crippen LogP contribution is 2.29. The van der Waals surface area contributed by atoms with Gasteiger partial charge in [-0.15, -0.1) is 0 Å². The van der Waals surface area contributed by atoms with Crippen molar-refractivity contribution in [2.75, 3.05) is 19.0 Å². The van der Waals surface area contributed by atoms with Gasteiger partial charge in [0, 0.05) is 11.9 Å². The van der Waals surface area contributed by atoms with Gasteiger partial charge < -0.3 is 4.74 Å². The van der Waals surface area contributed by atoms with Gasteiger partial charge in [0.1, 0.15) is 0 Å². The average Bonchev–Trinajstić information content (AvgIpc) is 2.09. The first-order valence-electron chi connectivity index (χ1n) is 5.07. The van der Waals surface area contributed by atoms with Crippen molar-refractivity contribution in [2.24, 2.45) is 5.92 Å². The van der Waals surface area contributed by atoms with Crippen molar-refractivity contribution in [3.05, 3.63) is 0 Å². The molecule has 1 fully saturated rings. The first kappa shape index (κ1) is 10.4. The molecule has 0 aromatic rings. The minimum Gasteiger partial charge on any atom is -0.381 e. The van der Waals surface area contributed by atoms with Crippen LogP contribution in [0.15, 0.2) is 0 Å². The summed E-state index contributed by atoms with van der Waals surface area (Å²) in [6, 6.07) is 0. The van der Waals surface area contributed by atoms with Crippen molar-refractivity contribution in [1.29, 1.82) is 0 Å². The molecule has 2 atom stereocenters. The summed E-state index contributed by atoms with van der Waals surface area (Å²) < 4.78 is 5.50. The van der Waals surface area contributed by atoms with E-state index in [1.54, 1.807) is 0 Å². The Bertz CT molecular complexity index is 98.4. The smallest absolute Gasteiger partial charge is 0.0504 e. The van der Waals surface area contributed by atoms with Crippen LogP contribution in [-0.2, 0) is 4.74 Å². The van der Waals surface area contributed by atoms with Gasteiger partial charge in [0.2, 0.25) is 0 Å². The molecule has 12 heavy (non-hydrogen) atoms. The van der Waals surface area contributed by atoms with E-state index in [1.165, 1.54) is 25.0 Å². The molecule has 0 aliphatic carbocycles. The molecule has 1 aliphatic rings. The van der Waals surface area contributed by atoms with Gasteiger partial charge in [-0.2, -0.15) is 11.8 Å². The number of ether oxygens (including phenoxy) is 1. The molecule has 0 radical (unpaired) electrons. The van der Waals surface area contributed by atoms with E-state index >= 15 is 0 Å². The maximum absolute atomic E-state index is 5.50. The van der Waals surface area contributed by atoms with Crippen molar-refractivity contribution in [3.8, 4) is 0 Å². The monoisotopic (exact) mass is 188 g/mol. The molecule has 1 rings (SSSR count). The van der Waals surface area contributed by atoms with Gasteiger partial charge in [0.05, 0.1) is 6.61 Å². The molecule has 0 aromatic heterocycles. The molecule has 0 bridgehead atoms. The second kappa shape index (κ2) is 5.87. The van der Waals surface area contributed by atoms with Gasteiger partial charge in [-0.1, -0.05) is 20.3 Å². The number of rotatable bonds is 4. The Morgan fingerprint density at radius 3 is 2.92 bits per heavy atom. The van der Waals surface area contributed by atoms with E-state index < -0.39 is 0 Å². The van der Waals surface area contributed by atoms with Crippen LogP contribution >= 0.6 is 11.8 Å². The van der Waals surface area contributed by atoms with E-state index in [1.807, 2.05) is 0 Å². The van der Waals surface area contributed by atoms with Crippen molar-refractivity contribution in [2.45, 2.75) is 38.4 Å². The van der Waals surface area contributed by atoms with Crippen LogP contribution < -0.4 is 0 Å². The Morgan fingerprint density at radius 1 is 1.42 bits per heavy atom. The molecule has 1 heterocycles. The fourth-order valence-electron chi connectivity index (χ4n) is 1.85. The second-order valence-electron chi connectivity index (χ2n) is 3.41. The summed E-state index contributed by atoms with van der Waals surface area (Å²) in [7, 11) is 0. The topological polar surface area (TPSA) is 9.23 Å². The largest absolute Gasteiger partial charge is 0.381 e. The summed E-state index contributed by atoms with van der Waals surface area (Å²) in [5.74, 6) is 2.08. The van der Waals surface area contributed by atoms with E-state index in [0.29, 0.717) is 0 Å². The summed E-state index contributed by atoms with van der Waals surface area (Å²) in [6.07, 6.45) is 3.91. The summed E-state index contributed by atoms with van der Waals surface area (Å²) in [4.78, 5) is 0. The Hall–Kier alpha value is 0.310. The molecule has 0 aromatic carbocycles. The van der Waals surface area contributed by atoms with Crippen molar-refractivity contribution in [3.63, 3.8) is 0 Å². The maximum Gasteiger partial charge on any atom is 0.0504 e. The van der Waals surface area contributed by atoms with Gasteiger partial charge in [0.25, 0.3) is 0 Å². The Labute approximate surface area is 80.3 Å². The van der Waals surface area contributed by atoms with Crippen molar-refractivity contribution in [1.82, 2.24) is 0 Å². The van der Waals surface area contributed by atoms with Gasteiger partial charge in [-0.25, -0.2) is 0 Å². The van der Waals surface area contributed by atoms with Crippen LogP contribution in [0.4, 0.5) is 0 Å². The first-order chi connectivity index (χ1) is 5.88. The van der Waals surface area contributed by atoms with Gasteiger partial charge in [-0.05, 0) is 24.5 Å². The standard InChI is InChI=1S/C10H20OS/c1-3-5-9-8-11-7-6-10(9)12-4-2/h9-10H,3-8H2,1-2H3. The third-order valence-corrected chi connectivity index (χ3v) is 3.83. The molecule has 0 amide bonds. The molecule has 1 aliphatic heterocycles. The third kappa shape index (κ3) is 2.98. The zero-order valence-electron chi connectivity index (χ0n) is 8.21. The molecule has 1 nitrogen and oxygen atoms in total. The van der Waals surface area contributed by atoms with Crippen LogP contribution in [0.3, 0.4) is 0 Å². The molecular weight excluding hydrogens is 168 g/mol. The minimum absolute atomic E-state index is 0.827. The van der Waals surface area contributed by atoms with Crippen LogP contribution in [0.2, 0.25) is 0 Å². The van der Waals surface area contributed by atoms with Crippen molar-refractivity contribution < 1.29 is 4.74 Å². The van der Waals surface area contributed by atoms with Crippen LogP contribution in [0.5, 0.6) is 0 Å². The van der Waals surface area contributed by atoms with E-state index in [9.17, 15) is 0 Å². The lowest BCUT2D eigenvalue weighted by Gasteiger charge is -2.30. The molecule has 1 saturated heterocycles. The normalized spacial score (nSPS) is 30.5. The summed E-state index contributed by atoms with van der Waals surface area (Å²) in [5, 5.41) is 0.878. The van der Waals surface area contributed by atoms with E-state index in [0.717, 1.165) is 24.4 Å². The summed E-state index contributed by atoms with van der Waals surface area (Å²) in [6.45, 7) is 6.51. The molecule has 2 heteroatoms. The van der Waals surface area contributed by atoms with E-state index in [4.69, 9.17) is 4.74 Å². The molecule has 72 valence electrons. The Morgan fingerprint density at radius 2 is 2.25 bits per heavy atom. The highest BCUT2D eigenvalue weighted by Gasteiger charge is 2.24. The Kier molecular flexibility index (Phi) is 5.08. The molecule has 2 unspecified atom stereocenters. The van der Waals surface area contributed by atoms with Crippen molar-refractivity contribution >= 4 is 11.8 Å². The molecule has 0 saturated carbocycles.